The van der Waals surface area contributed by atoms with Crippen molar-refractivity contribution >= 4 is 11.6 Å². The lowest BCUT2D eigenvalue weighted by atomic mass is 10.2. The number of unbranched alkanes of at least 4 members (excludes halogenated alkanes) is 2. The Morgan fingerprint density at radius 3 is 2.50 bits per heavy atom. The second kappa shape index (κ2) is 8.60. The second-order valence-electron chi connectivity index (χ2n) is 6.83. The Balaban J connectivity index is 1.41. The van der Waals surface area contributed by atoms with Crippen LogP contribution in [0.4, 0.5) is 5.69 Å². The largest absolute Gasteiger partial charge is 0.396 e. The Labute approximate surface area is 144 Å². The minimum Gasteiger partial charge on any atom is -0.396 e. The van der Waals surface area contributed by atoms with Crippen molar-refractivity contribution in [3.8, 4) is 0 Å². The van der Waals surface area contributed by atoms with Crippen LogP contribution in [0.2, 0.25) is 0 Å². The molecule has 132 valence electrons. The van der Waals surface area contributed by atoms with Gasteiger partial charge in [-0.1, -0.05) is 18.2 Å². The SMILES string of the molecule is O=C(CN1CCN(CCCCCO)CC1)N1CCc2ccccc21. The van der Waals surface area contributed by atoms with E-state index in [-0.39, 0.29) is 5.91 Å². The Hall–Kier alpha value is -1.43. The van der Waals surface area contributed by atoms with Crippen molar-refractivity contribution in [1.82, 2.24) is 9.80 Å². The van der Waals surface area contributed by atoms with Gasteiger partial charge in [0.25, 0.3) is 0 Å². The van der Waals surface area contributed by atoms with E-state index in [1.54, 1.807) is 0 Å². The highest BCUT2D eigenvalue weighted by atomic mass is 16.2. The molecule has 1 N–H and O–H groups in total. The van der Waals surface area contributed by atoms with Gasteiger partial charge in [-0.2, -0.15) is 0 Å². The minimum atomic E-state index is 0.233. The monoisotopic (exact) mass is 331 g/mol. The second-order valence-corrected chi connectivity index (χ2v) is 6.83. The van der Waals surface area contributed by atoms with Gasteiger partial charge in [0.05, 0.1) is 6.54 Å². The molecule has 1 fully saturated rings. The van der Waals surface area contributed by atoms with Gasteiger partial charge in [-0.25, -0.2) is 0 Å². The molecule has 2 heterocycles. The number of aliphatic hydroxyl groups is 1. The molecule has 1 saturated heterocycles. The van der Waals surface area contributed by atoms with Gasteiger partial charge >= 0.3 is 0 Å². The molecule has 1 aromatic carbocycles. The van der Waals surface area contributed by atoms with Crippen LogP contribution in [0.25, 0.3) is 0 Å². The molecule has 0 aliphatic carbocycles. The fraction of sp³-hybridized carbons (Fsp3) is 0.632. The Morgan fingerprint density at radius 1 is 0.958 bits per heavy atom. The standard InChI is InChI=1S/C19H29N3O2/c23-15-5-1-4-9-20-11-13-21(14-12-20)16-19(24)22-10-8-17-6-2-3-7-18(17)22/h2-3,6-7,23H,1,4-5,8-16H2. The number of piperazine rings is 1. The van der Waals surface area contributed by atoms with Crippen LogP contribution < -0.4 is 4.90 Å². The number of nitrogens with zero attached hydrogens (tertiary/aromatic N) is 3. The average molecular weight is 331 g/mol. The number of amides is 1. The third kappa shape index (κ3) is 4.35. The summed E-state index contributed by atoms with van der Waals surface area (Å²) < 4.78 is 0. The Kier molecular flexibility index (Phi) is 6.24. The number of aliphatic hydroxyl groups excluding tert-OH is 1. The quantitative estimate of drug-likeness (QED) is 0.767. The maximum Gasteiger partial charge on any atom is 0.241 e. The van der Waals surface area contributed by atoms with E-state index in [1.165, 1.54) is 5.56 Å². The van der Waals surface area contributed by atoms with Gasteiger partial charge in [-0.05, 0) is 43.9 Å². The summed E-state index contributed by atoms with van der Waals surface area (Å²) in [5, 5.41) is 8.82. The lowest BCUT2D eigenvalue weighted by Gasteiger charge is -2.35. The van der Waals surface area contributed by atoms with Crippen LogP contribution in [0.5, 0.6) is 0 Å². The van der Waals surface area contributed by atoms with Crippen LogP contribution in [0, 0.1) is 0 Å². The van der Waals surface area contributed by atoms with Gasteiger partial charge in [0.1, 0.15) is 0 Å². The van der Waals surface area contributed by atoms with E-state index in [2.05, 4.69) is 21.9 Å². The van der Waals surface area contributed by atoms with Gasteiger partial charge in [0.2, 0.25) is 5.91 Å². The number of hydrogen-bond acceptors (Lipinski definition) is 4. The molecule has 5 nitrogen and oxygen atoms in total. The number of carbonyl (C=O) groups excluding carboxylic acids is 1. The van der Waals surface area contributed by atoms with E-state index in [4.69, 9.17) is 5.11 Å². The molecule has 2 aliphatic heterocycles. The van der Waals surface area contributed by atoms with Crippen molar-refractivity contribution in [1.29, 1.82) is 0 Å². The molecule has 0 radical (unpaired) electrons. The summed E-state index contributed by atoms with van der Waals surface area (Å²) in [5.74, 6) is 0.233. The molecule has 0 aromatic heterocycles. The van der Waals surface area contributed by atoms with Crippen molar-refractivity contribution in [2.24, 2.45) is 0 Å². The molecule has 0 atom stereocenters. The number of anilines is 1. The first-order valence-electron chi connectivity index (χ1n) is 9.22. The van der Waals surface area contributed by atoms with E-state index in [1.807, 2.05) is 17.0 Å². The normalized spacial score (nSPS) is 18.8. The zero-order valence-corrected chi connectivity index (χ0v) is 14.5. The topological polar surface area (TPSA) is 47.0 Å². The lowest BCUT2D eigenvalue weighted by Crippen LogP contribution is -2.50. The van der Waals surface area contributed by atoms with E-state index in [0.29, 0.717) is 13.2 Å². The van der Waals surface area contributed by atoms with E-state index in [0.717, 1.165) is 70.6 Å². The molecule has 2 aliphatic rings. The molecule has 24 heavy (non-hydrogen) atoms. The summed E-state index contributed by atoms with van der Waals surface area (Å²) in [4.78, 5) is 19.4. The zero-order valence-electron chi connectivity index (χ0n) is 14.5. The number of para-hydroxylation sites is 1. The molecule has 3 rings (SSSR count). The van der Waals surface area contributed by atoms with E-state index >= 15 is 0 Å². The van der Waals surface area contributed by atoms with Crippen LogP contribution >= 0.6 is 0 Å². The highest BCUT2D eigenvalue weighted by Crippen LogP contribution is 2.27. The van der Waals surface area contributed by atoms with Crippen LogP contribution in [0.3, 0.4) is 0 Å². The van der Waals surface area contributed by atoms with Gasteiger partial charge in [-0.15, -0.1) is 0 Å². The number of rotatable bonds is 7. The number of fused-ring (bicyclic) bond motifs is 1. The zero-order chi connectivity index (χ0) is 16.8. The average Bonchev–Trinajstić information content (AvgIpc) is 3.04. The van der Waals surface area contributed by atoms with Gasteiger partial charge in [-0.3, -0.25) is 9.69 Å². The highest BCUT2D eigenvalue weighted by molar-refractivity contribution is 5.96. The molecule has 0 unspecified atom stereocenters. The first kappa shape index (κ1) is 17.4. The molecule has 5 heteroatoms. The lowest BCUT2D eigenvalue weighted by molar-refractivity contribution is -0.120. The molecular weight excluding hydrogens is 302 g/mol. The molecule has 0 spiro atoms. The molecule has 1 aromatic rings. The number of benzene rings is 1. The smallest absolute Gasteiger partial charge is 0.241 e. The summed E-state index contributed by atoms with van der Waals surface area (Å²) in [6, 6.07) is 8.25. The summed E-state index contributed by atoms with van der Waals surface area (Å²) in [6.07, 6.45) is 4.14. The summed E-state index contributed by atoms with van der Waals surface area (Å²) >= 11 is 0. The van der Waals surface area contributed by atoms with Crippen molar-refractivity contribution in [2.75, 3.05) is 57.3 Å². The molecule has 0 bridgehead atoms. The Morgan fingerprint density at radius 2 is 1.71 bits per heavy atom. The Bertz CT molecular complexity index is 541. The minimum absolute atomic E-state index is 0.233. The maximum atomic E-state index is 12.6. The van der Waals surface area contributed by atoms with Crippen molar-refractivity contribution < 1.29 is 9.90 Å². The summed E-state index contributed by atoms with van der Waals surface area (Å²) in [7, 11) is 0. The molecular formula is C19H29N3O2. The first-order valence-corrected chi connectivity index (χ1v) is 9.22. The maximum absolute atomic E-state index is 12.6. The van der Waals surface area contributed by atoms with Crippen molar-refractivity contribution in [3.05, 3.63) is 29.8 Å². The number of carbonyl (C=O) groups is 1. The van der Waals surface area contributed by atoms with Gasteiger partial charge in [0, 0.05) is 45.0 Å². The third-order valence-electron chi connectivity index (χ3n) is 5.14. The van der Waals surface area contributed by atoms with Crippen molar-refractivity contribution in [3.63, 3.8) is 0 Å². The molecule has 0 saturated carbocycles. The van der Waals surface area contributed by atoms with E-state index < -0.39 is 0 Å². The predicted octanol–water partition coefficient (Wildman–Crippen LogP) is 1.36. The van der Waals surface area contributed by atoms with Crippen LogP contribution in [0.15, 0.2) is 24.3 Å². The van der Waals surface area contributed by atoms with Gasteiger partial charge in [0.15, 0.2) is 0 Å². The fourth-order valence-electron chi connectivity index (χ4n) is 3.67. The first-order chi connectivity index (χ1) is 11.8. The van der Waals surface area contributed by atoms with E-state index in [9.17, 15) is 4.79 Å². The highest BCUT2D eigenvalue weighted by Gasteiger charge is 2.26. The fourth-order valence-corrected chi connectivity index (χ4v) is 3.67. The van der Waals surface area contributed by atoms with Crippen LogP contribution in [-0.2, 0) is 11.2 Å². The van der Waals surface area contributed by atoms with Gasteiger partial charge < -0.3 is 14.9 Å². The van der Waals surface area contributed by atoms with Crippen LogP contribution in [-0.4, -0.2) is 73.2 Å². The summed E-state index contributed by atoms with van der Waals surface area (Å²) in [5.41, 5.74) is 2.39. The third-order valence-corrected chi connectivity index (χ3v) is 5.14. The summed E-state index contributed by atoms with van der Waals surface area (Å²) in [6.45, 7) is 6.81. The van der Waals surface area contributed by atoms with Crippen LogP contribution in [0.1, 0.15) is 24.8 Å². The predicted molar refractivity (Wildman–Crippen MR) is 96.3 cm³/mol. The molecule has 1 amide bonds. The van der Waals surface area contributed by atoms with Crippen molar-refractivity contribution in [2.45, 2.75) is 25.7 Å². The number of hydrogen-bond donors (Lipinski definition) is 1.